The number of hydrogen-bond acceptors (Lipinski definition) is 5. The molecule has 0 spiro atoms. The molecule has 3 aromatic rings. The van der Waals surface area contributed by atoms with Crippen LogP contribution in [0, 0.1) is 5.41 Å². The number of methoxy groups -OCH3 is 3. The van der Waals surface area contributed by atoms with Gasteiger partial charge in [-0.2, -0.15) is 0 Å². The molecule has 2 fully saturated rings. The van der Waals surface area contributed by atoms with E-state index >= 15 is 0 Å². The first kappa shape index (κ1) is 25.9. The molecule has 1 saturated carbocycles. The molecule has 1 N–H and O–H groups in total. The number of hydrogen-bond donors (Lipinski definition) is 1. The minimum Gasteiger partial charge on any atom is -0.493 e. The third-order valence-corrected chi connectivity index (χ3v) is 7.91. The molecular weight excluding hydrogens is 480 g/mol. The zero-order valence-electron chi connectivity index (χ0n) is 22.8. The first-order chi connectivity index (χ1) is 18.2. The number of fused-ring (bicyclic) bond motifs is 1. The van der Waals surface area contributed by atoms with Gasteiger partial charge in [0.25, 0.3) is 0 Å². The largest absolute Gasteiger partial charge is 0.493 e. The van der Waals surface area contributed by atoms with Crippen molar-refractivity contribution in [3.63, 3.8) is 0 Å². The quantitative estimate of drug-likeness (QED) is 0.457. The van der Waals surface area contributed by atoms with Crippen molar-refractivity contribution in [3.05, 3.63) is 54.1 Å². The van der Waals surface area contributed by atoms with E-state index in [1.807, 2.05) is 30.3 Å². The zero-order chi connectivity index (χ0) is 27.0. The molecule has 5 rings (SSSR count). The van der Waals surface area contributed by atoms with E-state index < -0.39 is 6.04 Å². The van der Waals surface area contributed by atoms with Crippen LogP contribution in [0.2, 0.25) is 0 Å². The number of benzene rings is 3. The van der Waals surface area contributed by atoms with Crippen LogP contribution in [0.15, 0.2) is 48.5 Å². The van der Waals surface area contributed by atoms with Gasteiger partial charge in [0.15, 0.2) is 11.5 Å². The number of likely N-dealkylation sites (tertiary alicyclic amines) is 1. The van der Waals surface area contributed by atoms with Crippen LogP contribution in [0.1, 0.15) is 38.7 Å². The Labute approximate surface area is 224 Å². The van der Waals surface area contributed by atoms with E-state index in [-0.39, 0.29) is 29.7 Å². The van der Waals surface area contributed by atoms with E-state index in [2.05, 4.69) is 37.4 Å². The maximum Gasteiger partial charge on any atom is 0.243 e. The van der Waals surface area contributed by atoms with Crippen LogP contribution in [0.3, 0.4) is 0 Å². The van der Waals surface area contributed by atoms with Gasteiger partial charge in [-0.1, -0.05) is 44.2 Å². The molecule has 1 aliphatic carbocycles. The Morgan fingerprint density at radius 1 is 0.895 bits per heavy atom. The van der Waals surface area contributed by atoms with E-state index in [1.165, 1.54) is 0 Å². The summed E-state index contributed by atoms with van der Waals surface area (Å²) in [5.74, 6) is 1.74. The second kappa shape index (κ2) is 10.2. The Bertz CT molecular complexity index is 1350. The van der Waals surface area contributed by atoms with E-state index in [0.29, 0.717) is 23.8 Å². The Kier molecular flexibility index (Phi) is 6.95. The highest BCUT2D eigenvalue weighted by atomic mass is 16.5. The number of nitrogens with one attached hydrogen (secondary N) is 1. The van der Waals surface area contributed by atoms with Crippen molar-refractivity contribution < 1.29 is 23.8 Å². The summed E-state index contributed by atoms with van der Waals surface area (Å²) in [6, 6.07) is 16.0. The smallest absolute Gasteiger partial charge is 0.243 e. The molecule has 0 bridgehead atoms. The highest BCUT2D eigenvalue weighted by Gasteiger charge is 2.52. The number of amides is 2. The van der Waals surface area contributed by atoms with Gasteiger partial charge in [0.1, 0.15) is 6.04 Å². The first-order valence-corrected chi connectivity index (χ1v) is 13.2. The fraction of sp³-hybridized carbons (Fsp3) is 0.419. The maximum absolute atomic E-state index is 13.2. The second-order valence-corrected chi connectivity index (χ2v) is 11.0. The third-order valence-electron chi connectivity index (χ3n) is 7.91. The minimum absolute atomic E-state index is 0.00789. The van der Waals surface area contributed by atoms with Gasteiger partial charge >= 0.3 is 0 Å². The Morgan fingerprint density at radius 2 is 1.55 bits per heavy atom. The van der Waals surface area contributed by atoms with Gasteiger partial charge in [-0.15, -0.1) is 0 Å². The molecule has 2 amide bonds. The molecular formula is C31H36N2O5. The lowest BCUT2D eigenvalue weighted by Gasteiger charge is -2.53. The minimum atomic E-state index is -0.405. The van der Waals surface area contributed by atoms with Crippen LogP contribution < -0.4 is 19.5 Å². The Morgan fingerprint density at radius 3 is 2.13 bits per heavy atom. The Hall–Kier alpha value is -3.74. The van der Waals surface area contributed by atoms with Crippen molar-refractivity contribution in [2.24, 2.45) is 5.41 Å². The van der Waals surface area contributed by atoms with E-state index in [1.54, 1.807) is 26.2 Å². The first-order valence-electron chi connectivity index (χ1n) is 13.2. The summed E-state index contributed by atoms with van der Waals surface area (Å²) in [6.45, 7) is 4.72. The lowest BCUT2D eigenvalue weighted by atomic mass is 9.73. The summed E-state index contributed by atoms with van der Waals surface area (Å²) in [6.07, 6.45) is 3.50. The number of ether oxygens (including phenoxy) is 3. The van der Waals surface area contributed by atoms with Gasteiger partial charge < -0.3 is 24.4 Å². The van der Waals surface area contributed by atoms with Crippen molar-refractivity contribution in [2.75, 3.05) is 27.9 Å². The lowest BCUT2D eigenvalue weighted by Crippen LogP contribution is -2.70. The zero-order valence-corrected chi connectivity index (χ0v) is 22.8. The van der Waals surface area contributed by atoms with Gasteiger partial charge in [0, 0.05) is 18.0 Å². The molecule has 1 aliphatic heterocycles. The fourth-order valence-corrected chi connectivity index (χ4v) is 5.60. The van der Waals surface area contributed by atoms with Gasteiger partial charge in [-0.05, 0) is 64.9 Å². The van der Waals surface area contributed by atoms with Gasteiger partial charge in [-0.3, -0.25) is 9.59 Å². The summed E-state index contributed by atoms with van der Waals surface area (Å²) in [5.41, 5.74) is 2.69. The summed E-state index contributed by atoms with van der Waals surface area (Å²) < 4.78 is 16.5. The van der Waals surface area contributed by atoms with Crippen molar-refractivity contribution in [3.8, 4) is 28.4 Å². The molecule has 0 aromatic heterocycles. The predicted octanol–water partition coefficient (Wildman–Crippen LogP) is 4.98. The van der Waals surface area contributed by atoms with Gasteiger partial charge in [0.05, 0.1) is 27.8 Å². The van der Waals surface area contributed by atoms with Crippen LogP contribution >= 0.6 is 0 Å². The summed E-state index contributed by atoms with van der Waals surface area (Å²) in [7, 11) is 4.80. The average Bonchev–Trinajstić information content (AvgIpc) is 2.88. The molecule has 7 heteroatoms. The van der Waals surface area contributed by atoms with Crippen LogP contribution in [0.5, 0.6) is 17.2 Å². The van der Waals surface area contributed by atoms with Crippen LogP contribution in [-0.2, 0) is 16.0 Å². The van der Waals surface area contributed by atoms with Crippen LogP contribution in [0.4, 0.5) is 0 Å². The fourth-order valence-electron chi connectivity index (χ4n) is 5.60. The van der Waals surface area contributed by atoms with E-state index in [4.69, 9.17) is 14.2 Å². The summed E-state index contributed by atoms with van der Waals surface area (Å²) >= 11 is 0. The standard InChI is InChI=1S/C31H36N2O5/c1-31(2)18-33(29(31)30(35)32-24-7-6-8-24)27(34)14-19-9-10-21-15-22(12-11-20(21)13-19)23-16-25(36-3)28(38-5)26(17-23)37-4/h9-13,15-17,24,29H,6-8,14,18H2,1-5H3,(H,32,35). The van der Waals surface area contributed by atoms with E-state index in [9.17, 15) is 9.59 Å². The van der Waals surface area contributed by atoms with Gasteiger partial charge in [-0.25, -0.2) is 0 Å². The Balaban J connectivity index is 1.33. The SMILES string of the molecule is COc1cc(-c2ccc3cc(CC(=O)N4CC(C)(C)C4C(=O)NC4CCC4)ccc3c2)cc(OC)c1OC. The molecule has 1 heterocycles. The molecule has 2 aliphatic rings. The number of nitrogens with zero attached hydrogens (tertiary/aromatic N) is 1. The van der Waals surface area contributed by atoms with E-state index in [0.717, 1.165) is 46.7 Å². The average molecular weight is 517 g/mol. The predicted molar refractivity (Wildman–Crippen MR) is 148 cm³/mol. The monoisotopic (exact) mass is 516 g/mol. The third kappa shape index (κ3) is 4.77. The normalized spacial score (nSPS) is 18.3. The van der Waals surface area contributed by atoms with Gasteiger partial charge in [0.2, 0.25) is 17.6 Å². The molecule has 3 aromatic carbocycles. The van der Waals surface area contributed by atoms with Crippen LogP contribution in [0.25, 0.3) is 21.9 Å². The molecule has 1 saturated heterocycles. The number of carbonyl (C=O) groups excluding carboxylic acids is 2. The molecule has 7 nitrogen and oxygen atoms in total. The van der Waals surface area contributed by atoms with Crippen molar-refractivity contribution in [2.45, 2.75) is 51.6 Å². The summed E-state index contributed by atoms with van der Waals surface area (Å²) in [4.78, 5) is 27.9. The highest BCUT2D eigenvalue weighted by molar-refractivity contribution is 5.93. The van der Waals surface area contributed by atoms with Crippen molar-refractivity contribution in [1.82, 2.24) is 10.2 Å². The molecule has 200 valence electrons. The lowest BCUT2D eigenvalue weighted by molar-refractivity contribution is -0.161. The van der Waals surface area contributed by atoms with Crippen molar-refractivity contribution >= 4 is 22.6 Å². The molecule has 38 heavy (non-hydrogen) atoms. The second-order valence-electron chi connectivity index (χ2n) is 11.0. The molecule has 1 unspecified atom stereocenters. The molecule has 1 atom stereocenters. The molecule has 0 radical (unpaired) electrons. The maximum atomic E-state index is 13.2. The van der Waals surface area contributed by atoms with Crippen LogP contribution in [-0.4, -0.2) is 56.7 Å². The number of rotatable bonds is 8. The topological polar surface area (TPSA) is 77.1 Å². The van der Waals surface area contributed by atoms with Crippen molar-refractivity contribution in [1.29, 1.82) is 0 Å². The highest BCUT2D eigenvalue weighted by Crippen LogP contribution is 2.42. The summed E-state index contributed by atoms with van der Waals surface area (Å²) in [5, 5.41) is 5.25. The number of carbonyl (C=O) groups is 2.